The van der Waals surface area contributed by atoms with Crippen molar-refractivity contribution in [2.45, 2.75) is 34.3 Å². The van der Waals surface area contributed by atoms with Crippen molar-refractivity contribution in [3.8, 4) is 0 Å². The van der Waals surface area contributed by atoms with Gasteiger partial charge in [-0.15, -0.1) is 0 Å². The van der Waals surface area contributed by atoms with E-state index in [9.17, 15) is 9.59 Å². The minimum Gasteiger partial charge on any atom is -0.456 e. The second-order valence-electron chi connectivity index (χ2n) is 6.24. The number of Topliss-reactive ketones (excluding diaryl/α,β-unsaturated/α-hetero) is 1. The molecule has 3 rings (SSSR count). The van der Waals surface area contributed by atoms with Gasteiger partial charge in [-0.2, -0.15) is 5.10 Å². The first kappa shape index (κ1) is 16.9. The Morgan fingerprint density at radius 1 is 1.12 bits per heavy atom. The van der Waals surface area contributed by atoms with Crippen LogP contribution in [0.5, 0.6) is 0 Å². The summed E-state index contributed by atoms with van der Waals surface area (Å²) in [7, 11) is 0. The van der Waals surface area contributed by atoms with Crippen molar-refractivity contribution < 1.29 is 14.3 Å². The fraction of sp³-hybridized carbons (Fsp3) is 0.250. The maximum atomic E-state index is 12.4. The van der Waals surface area contributed by atoms with E-state index in [4.69, 9.17) is 4.74 Å². The van der Waals surface area contributed by atoms with E-state index in [-0.39, 0.29) is 18.1 Å². The molecule has 1 heterocycles. The predicted octanol–water partition coefficient (Wildman–Crippen LogP) is 4.05. The van der Waals surface area contributed by atoms with Crippen molar-refractivity contribution in [2.75, 3.05) is 0 Å². The Morgan fingerprint density at radius 3 is 2.56 bits per heavy atom. The lowest BCUT2D eigenvalue weighted by Crippen LogP contribution is -2.11. The number of hydrogen-bond acceptors (Lipinski definition) is 4. The molecule has 0 unspecified atom stereocenters. The minimum absolute atomic E-state index is 0.0147. The number of aromatic amines is 1. The summed E-state index contributed by atoms with van der Waals surface area (Å²) < 4.78 is 5.48. The Hall–Kier alpha value is -2.95. The van der Waals surface area contributed by atoms with Crippen molar-refractivity contribution >= 4 is 22.7 Å². The molecule has 0 saturated heterocycles. The second kappa shape index (κ2) is 6.51. The molecule has 1 N–H and O–H groups in total. The van der Waals surface area contributed by atoms with Crippen molar-refractivity contribution in [1.29, 1.82) is 0 Å². The summed E-state index contributed by atoms with van der Waals surface area (Å²) in [5, 5.41) is 7.62. The molecular weight excluding hydrogens is 316 g/mol. The first-order valence-electron chi connectivity index (χ1n) is 8.11. The van der Waals surface area contributed by atoms with E-state index in [2.05, 4.69) is 10.2 Å². The summed E-state index contributed by atoms with van der Waals surface area (Å²) in [5.41, 5.74) is 5.42. The van der Waals surface area contributed by atoms with Crippen LogP contribution in [0.4, 0.5) is 0 Å². The number of aryl methyl sites for hydroxylation is 2. The first-order valence-corrected chi connectivity index (χ1v) is 8.11. The third kappa shape index (κ3) is 3.05. The van der Waals surface area contributed by atoms with E-state index >= 15 is 0 Å². The van der Waals surface area contributed by atoms with E-state index in [0.717, 1.165) is 33.2 Å². The standard InChI is InChI=1S/C20H20N2O3/c1-11-9-12(2)18(14(4)23)13(3)16(11)10-25-20(24)19-15-7-5-6-8-17(15)21-22-19/h5-9H,10H2,1-4H3,(H,21,22). The monoisotopic (exact) mass is 336 g/mol. The van der Waals surface area contributed by atoms with Crippen molar-refractivity contribution in [1.82, 2.24) is 10.2 Å². The SMILES string of the molecule is CC(=O)c1c(C)cc(C)c(COC(=O)c2n[nH]c3ccccc23)c1C. The van der Waals surface area contributed by atoms with Crippen LogP contribution in [0.3, 0.4) is 0 Å². The molecule has 2 aromatic carbocycles. The number of benzene rings is 2. The molecule has 0 atom stereocenters. The molecule has 3 aromatic rings. The normalized spacial score (nSPS) is 10.9. The van der Waals surface area contributed by atoms with Crippen LogP contribution in [0.1, 0.15) is 50.0 Å². The van der Waals surface area contributed by atoms with Crippen LogP contribution in [0.25, 0.3) is 10.9 Å². The number of H-pyrrole nitrogens is 1. The fourth-order valence-corrected chi connectivity index (χ4v) is 3.32. The number of rotatable bonds is 4. The molecule has 25 heavy (non-hydrogen) atoms. The van der Waals surface area contributed by atoms with Gasteiger partial charge in [-0.05, 0) is 56.0 Å². The van der Waals surface area contributed by atoms with Crippen LogP contribution in [-0.4, -0.2) is 21.9 Å². The minimum atomic E-state index is -0.485. The average Bonchev–Trinajstić information content (AvgIpc) is 2.97. The van der Waals surface area contributed by atoms with Gasteiger partial charge >= 0.3 is 5.97 Å². The van der Waals surface area contributed by atoms with Crippen LogP contribution < -0.4 is 0 Å². The van der Waals surface area contributed by atoms with E-state index in [1.165, 1.54) is 0 Å². The van der Waals surface area contributed by atoms with Gasteiger partial charge in [0.1, 0.15) is 6.61 Å². The Kier molecular flexibility index (Phi) is 4.40. The van der Waals surface area contributed by atoms with Gasteiger partial charge in [0.25, 0.3) is 0 Å². The molecule has 0 amide bonds. The van der Waals surface area contributed by atoms with Gasteiger partial charge in [0.2, 0.25) is 0 Å². The zero-order valence-corrected chi connectivity index (χ0v) is 14.8. The zero-order valence-electron chi connectivity index (χ0n) is 14.8. The lowest BCUT2D eigenvalue weighted by molar-refractivity contribution is 0.0467. The number of fused-ring (bicyclic) bond motifs is 1. The highest BCUT2D eigenvalue weighted by Crippen LogP contribution is 2.24. The molecule has 5 heteroatoms. The van der Waals surface area contributed by atoms with Crippen LogP contribution in [0, 0.1) is 20.8 Å². The number of esters is 1. The molecule has 0 aliphatic carbocycles. The summed E-state index contributed by atoms with van der Waals surface area (Å²) >= 11 is 0. The Labute approximate surface area is 146 Å². The molecule has 1 aromatic heterocycles. The van der Waals surface area contributed by atoms with Gasteiger partial charge in [-0.1, -0.05) is 24.3 Å². The summed E-state index contributed by atoms with van der Waals surface area (Å²) in [6, 6.07) is 9.36. The number of aromatic nitrogens is 2. The fourth-order valence-electron chi connectivity index (χ4n) is 3.32. The van der Waals surface area contributed by atoms with Gasteiger partial charge < -0.3 is 4.74 Å². The summed E-state index contributed by atoms with van der Waals surface area (Å²) in [6.07, 6.45) is 0. The van der Waals surface area contributed by atoms with Gasteiger partial charge in [-0.3, -0.25) is 9.89 Å². The third-order valence-electron chi connectivity index (χ3n) is 4.49. The number of carbonyl (C=O) groups excluding carboxylic acids is 2. The second-order valence-corrected chi connectivity index (χ2v) is 6.24. The number of nitrogens with one attached hydrogen (secondary N) is 1. The maximum Gasteiger partial charge on any atom is 0.359 e. The highest BCUT2D eigenvalue weighted by molar-refractivity contribution is 6.02. The first-order chi connectivity index (χ1) is 11.9. The molecular formula is C20H20N2O3. The largest absolute Gasteiger partial charge is 0.456 e. The van der Waals surface area contributed by atoms with Crippen LogP contribution in [0.15, 0.2) is 30.3 Å². The molecule has 0 aliphatic heterocycles. The number of ether oxygens (including phenoxy) is 1. The average molecular weight is 336 g/mol. The van der Waals surface area contributed by atoms with Crippen LogP contribution >= 0.6 is 0 Å². The van der Waals surface area contributed by atoms with Gasteiger partial charge in [0, 0.05) is 10.9 Å². The molecule has 0 fully saturated rings. The lowest BCUT2D eigenvalue weighted by atomic mass is 9.92. The van der Waals surface area contributed by atoms with E-state index in [0.29, 0.717) is 5.56 Å². The number of para-hydroxylation sites is 1. The van der Waals surface area contributed by atoms with Gasteiger partial charge in [0.05, 0.1) is 5.52 Å². The van der Waals surface area contributed by atoms with Crippen molar-refractivity contribution in [3.05, 3.63) is 63.8 Å². The summed E-state index contributed by atoms with van der Waals surface area (Å²) in [4.78, 5) is 24.3. The zero-order chi connectivity index (χ0) is 18.1. The lowest BCUT2D eigenvalue weighted by Gasteiger charge is -2.15. The van der Waals surface area contributed by atoms with Crippen molar-refractivity contribution in [2.24, 2.45) is 0 Å². The molecule has 128 valence electrons. The quantitative estimate of drug-likeness (QED) is 0.576. The Morgan fingerprint density at radius 2 is 1.84 bits per heavy atom. The molecule has 5 nitrogen and oxygen atoms in total. The van der Waals surface area contributed by atoms with E-state index in [1.54, 1.807) is 6.92 Å². The topological polar surface area (TPSA) is 72.1 Å². The summed E-state index contributed by atoms with van der Waals surface area (Å²) in [5.74, 6) is -0.470. The Balaban J connectivity index is 1.88. The third-order valence-corrected chi connectivity index (χ3v) is 4.49. The van der Waals surface area contributed by atoms with Gasteiger partial charge in [-0.25, -0.2) is 4.79 Å². The van der Waals surface area contributed by atoms with E-state index < -0.39 is 5.97 Å². The van der Waals surface area contributed by atoms with E-state index in [1.807, 2.05) is 51.1 Å². The van der Waals surface area contributed by atoms with Gasteiger partial charge in [0.15, 0.2) is 11.5 Å². The van der Waals surface area contributed by atoms with Crippen molar-refractivity contribution in [3.63, 3.8) is 0 Å². The number of hydrogen-bond donors (Lipinski definition) is 1. The smallest absolute Gasteiger partial charge is 0.359 e. The molecule has 0 bridgehead atoms. The number of ketones is 1. The predicted molar refractivity (Wildman–Crippen MR) is 95.9 cm³/mol. The highest BCUT2D eigenvalue weighted by atomic mass is 16.5. The van der Waals surface area contributed by atoms with Crippen LogP contribution in [0.2, 0.25) is 0 Å². The van der Waals surface area contributed by atoms with Crippen LogP contribution in [-0.2, 0) is 11.3 Å². The number of nitrogens with zero attached hydrogens (tertiary/aromatic N) is 1. The molecule has 0 spiro atoms. The Bertz CT molecular complexity index is 986. The summed E-state index contributed by atoms with van der Waals surface area (Å²) in [6.45, 7) is 7.43. The molecule has 0 saturated carbocycles. The highest BCUT2D eigenvalue weighted by Gasteiger charge is 2.18. The molecule has 0 radical (unpaired) electrons. The maximum absolute atomic E-state index is 12.4. The molecule has 0 aliphatic rings. The number of carbonyl (C=O) groups is 2.